The molecule has 1 fully saturated rings. The van der Waals surface area contributed by atoms with E-state index in [1.54, 1.807) is 0 Å². The molecule has 0 saturated heterocycles. The third-order valence-corrected chi connectivity index (χ3v) is 5.44. The second kappa shape index (κ2) is 5.69. The van der Waals surface area contributed by atoms with Crippen molar-refractivity contribution in [2.75, 3.05) is 23.7 Å². The molecule has 1 nitrogen and oxygen atoms in total. The summed E-state index contributed by atoms with van der Waals surface area (Å²) in [6, 6.07) is 15.3. The van der Waals surface area contributed by atoms with Crippen LogP contribution >= 0.6 is 12.6 Å². The van der Waals surface area contributed by atoms with E-state index >= 15 is 0 Å². The summed E-state index contributed by atoms with van der Waals surface area (Å²) in [5.74, 6) is 1.01. The molecule has 0 N–H and O–H groups in total. The fraction of sp³-hybridized carbons (Fsp3) is 0.444. The molecule has 1 aliphatic carbocycles. The van der Waals surface area contributed by atoms with Crippen LogP contribution in [-0.4, -0.2) is 18.8 Å². The number of rotatable bonds is 5. The Kier molecular flexibility index (Phi) is 3.93. The lowest BCUT2D eigenvalue weighted by Crippen LogP contribution is -2.43. The Morgan fingerprint density at radius 2 is 1.85 bits per heavy atom. The minimum Gasteiger partial charge on any atom is -0.371 e. The van der Waals surface area contributed by atoms with E-state index in [0.717, 1.165) is 18.8 Å². The lowest BCUT2D eigenvalue weighted by atomic mass is 9.70. The van der Waals surface area contributed by atoms with Crippen LogP contribution in [0.25, 0.3) is 10.8 Å². The highest BCUT2D eigenvalue weighted by Gasteiger charge is 2.37. The molecule has 1 aliphatic rings. The van der Waals surface area contributed by atoms with Gasteiger partial charge in [-0.2, -0.15) is 12.6 Å². The normalized spacial score (nSPS) is 16.9. The van der Waals surface area contributed by atoms with Crippen LogP contribution in [0.2, 0.25) is 0 Å². The Balaban J connectivity index is 1.95. The van der Waals surface area contributed by atoms with Gasteiger partial charge in [-0.25, -0.2) is 0 Å². The predicted molar refractivity (Wildman–Crippen MR) is 92.0 cm³/mol. The highest BCUT2D eigenvalue weighted by atomic mass is 32.1. The van der Waals surface area contributed by atoms with Crippen molar-refractivity contribution in [1.82, 2.24) is 0 Å². The summed E-state index contributed by atoms with van der Waals surface area (Å²) in [4.78, 5) is 2.54. The number of hydrogen-bond donors (Lipinski definition) is 1. The van der Waals surface area contributed by atoms with Gasteiger partial charge in [0.1, 0.15) is 0 Å². The molecule has 0 atom stereocenters. The maximum atomic E-state index is 4.61. The van der Waals surface area contributed by atoms with Gasteiger partial charge in [0.2, 0.25) is 0 Å². The van der Waals surface area contributed by atoms with Crippen molar-refractivity contribution in [1.29, 1.82) is 0 Å². The van der Waals surface area contributed by atoms with Gasteiger partial charge >= 0.3 is 0 Å². The molecule has 2 aromatic rings. The van der Waals surface area contributed by atoms with Crippen LogP contribution in [0.3, 0.4) is 0 Å². The highest BCUT2D eigenvalue weighted by molar-refractivity contribution is 7.80. The van der Waals surface area contributed by atoms with Crippen molar-refractivity contribution < 1.29 is 0 Å². The zero-order chi connectivity index (χ0) is 14.0. The monoisotopic (exact) mass is 285 g/mol. The van der Waals surface area contributed by atoms with Crippen molar-refractivity contribution in [2.24, 2.45) is 5.41 Å². The number of benzene rings is 2. The molecule has 0 unspecified atom stereocenters. The van der Waals surface area contributed by atoms with Crippen LogP contribution in [0.1, 0.15) is 26.2 Å². The summed E-state index contributed by atoms with van der Waals surface area (Å²) in [5, 5.41) is 2.70. The number of thiol groups is 1. The Morgan fingerprint density at radius 3 is 2.50 bits per heavy atom. The molecular formula is C18H23NS. The van der Waals surface area contributed by atoms with Crippen molar-refractivity contribution in [3.8, 4) is 0 Å². The average Bonchev–Trinajstić information content (AvgIpc) is 2.47. The zero-order valence-corrected chi connectivity index (χ0v) is 13.1. The molecule has 0 bridgehead atoms. The molecule has 20 heavy (non-hydrogen) atoms. The third-order valence-electron chi connectivity index (χ3n) is 4.76. The molecule has 0 radical (unpaired) electrons. The molecule has 0 aromatic heterocycles. The second-order valence-corrected chi connectivity index (χ2v) is 6.34. The minimum absolute atomic E-state index is 0.441. The molecule has 0 aliphatic heterocycles. The first-order chi connectivity index (χ1) is 9.78. The summed E-state index contributed by atoms with van der Waals surface area (Å²) in [7, 11) is 0. The first kappa shape index (κ1) is 13.8. The summed E-state index contributed by atoms with van der Waals surface area (Å²) >= 11 is 4.61. The SMILES string of the molecule is CCN(CC1(CS)CCC1)c1cccc2ccccc12. The van der Waals surface area contributed by atoms with E-state index in [0.29, 0.717) is 5.41 Å². The Labute approximate surface area is 127 Å². The van der Waals surface area contributed by atoms with Gasteiger partial charge in [-0.3, -0.25) is 0 Å². The van der Waals surface area contributed by atoms with Gasteiger partial charge in [0.05, 0.1) is 0 Å². The molecule has 2 heteroatoms. The number of hydrogen-bond acceptors (Lipinski definition) is 2. The first-order valence-corrected chi connectivity index (χ1v) is 8.25. The van der Waals surface area contributed by atoms with Gasteiger partial charge in [-0.15, -0.1) is 0 Å². The molecule has 0 amide bonds. The van der Waals surface area contributed by atoms with Gasteiger partial charge in [0.15, 0.2) is 0 Å². The van der Waals surface area contributed by atoms with Crippen LogP contribution in [0.5, 0.6) is 0 Å². The van der Waals surface area contributed by atoms with Crippen LogP contribution in [0.15, 0.2) is 42.5 Å². The fourth-order valence-corrected chi connectivity index (χ4v) is 3.72. The molecule has 1 saturated carbocycles. The summed E-state index contributed by atoms with van der Waals surface area (Å²) < 4.78 is 0. The number of fused-ring (bicyclic) bond motifs is 1. The fourth-order valence-electron chi connectivity index (χ4n) is 3.30. The molecule has 0 heterocycles. The molecule has 0 spiro atoms. The summed E-state index contributed by atoms with van der Waals surface area (Å²) in [6.07, 6.45) is 4.03. The van der Waals surface area contributed by atoms with E-state index in [1.165, 1.54) is 35.7 Å². The first-order valence-electron chi connectivity index (χ1n) is 7.61. The third kappa shape index (κ3) is 2.42. The number of anilines is 1. The van der Waals surface area contributed by atoms with E-state index in [2.05, 4.69) is 66.9 Å². The van der Waals surface area contributed by atoms with E-state index in [1.807, 2.05) is 0 Å². The van der Waals surface area contributed by atoms with E-state index in [4.69, 9.17) is 0 Å². The highest BCUT2D eigenvalue weighted by Crippen LogP contribution is 2.43. The largest absolute Gasteiger partial charge is 0.371 e. The smallest absolute Gasteiger partial charge is 0.0445 e. The zero-order valence-electron chi connectivity index (χ0n) is 12.2. The van der Waals surface area contributed by atoms with Gasteiger partial charge in [0, 0.05) is 24.2 Å². The van der Waals surface area contributed by atoms with Crippen LogP contribution < -0.4 is 4.90 Å². The molecule has 106 valence electrons. The molecule has 3 rings (SSSR count). The maximum absolute atomic E-state index is 4.61. The Hall–Kier alpha value is -1.15. The van der Waals surface area contributed by atoms with Gasteiger partial charge in [-0.05, 0) is 42.4 Å². The standard InChI is InChI=1S/C18H23NS/c1-2-19(13-18(14-20)11-6-12-18)17-10-5-8-15-7-3-4-9-16(15)17/h3-5,7-10,20H,2,6,11-14H2,1H3. The average molecular weight is 285 g/mol. The predicted octanol–water partition coefficient (Wildman–Crippen LogP) is 4.77. The minimum atomic E-state index is 0.441. The lowest BCUT2D eigenvalue weighted by molar-refractivity contribution is 0.176. The summed E-state index contributed by atoms with van der Waals surface area (Å²) in [6.45, 7) is 4.46. The van der Waals surface area contributed by atoms with Crippen LogP contribution in [-0.2, 0) is 0 Å². The van der Waals surface area contributed by atoms with Gasteiger partial charge < -0.3 is 4.90 Å². The Morgan fingerprint density at radius 1 is 1.10 bits per heavy atom. The lowest BCUT2D eigenvalue weighted by Gasteiger charge is -2.45. The molecular weight excluding hydrogens is 262 g/mol. The van der Waals surface area contributed by atoms with Crippen molar-refractivity contribution >= 4 is 29.1 Å². The van der Waals surface area contributed by atoms with E-state index in [-0.39, 0.29) is 0 Å². The Bertz CT molecular complexity index is 578. The number of nitrogens with zero attached hydrogens (tertiary/aromatic N) is 1. The van der Waals surface area contributed by atoms with Crippen LogP contribution in [0.4, 0.5) is 5.69 Å². The van der Waals surface area contributed by atoms with Gasteiger partial charge in [-0.1, -0.05) is 42.8 Å². The summed E-state index contributed by atoms with van der Waals surface area (Å²) in [5.41, 5.74) is 1.81. The van der Waals surface area contributed by atoms with Crippen molar-refractivity contribution in [2.45, 2.75) is 26.2 Å². The van der Waals surface area contributed by atoms with Crippen LogP contribution in [0, 0.1) is 5.41 Å². The quantitative estimate of drug-likeness (QED) is 0.775. The van der Waals surface area contributed by atoms with Gasteiger partial charge in [0.25, 0.3) is 0 Å². The maximum Gasteiger partial charge on any atom is 0.0445 e. The second-order valence-electron chi connectivity index (χ2n) is 6.02. The molecule has 2 aromatic carbocycles. The topological polar surface area (TPSA) is 3.24 Å². The van der Waals surface area contributed by atoms with E-state index in [9.17, 15) is 0 Å². The van der Waals surface area contributed by atoms with E-state index < -0.39 is 0 Å². The van der Waals surface area contributed by atoms with Crippen molar-refractivity contribution in [3.05, 3.63) is 42.5 Å². The van der Waals surface area contributed by atoms with Crippen molar-refractivity contribution in [3.63, 3.8) is 0 Å².